The lowest BCUT2D eigenvalue weighted by Gasteiger charge is -2.23. The van der Waals surface area contributed by atoms with E-state index < -0.39 is 6.04 Å². The van der Waals surface area contributed by atoms with E-state index in [0.717, 1.165) is 0 Å². The van der Waals surface area contributed by atoms with Gasteiger partial charge in [-0.05, 0) is 26.5 Å². The molecular formula is C17H25N5O3S. The highest BCUT2D eigenvalue weighted by atomic mass is 32.2. The van der Waals surface area contributed by atoms with Crippen LogP contribution in [0.5, 0.6) is 0 Å². The van der Waals surface area contributed by atoms with Crippen molar-refractivity contribution in [1.82, 2.24) is 25.5 Å². The number of amides is 3. The minimum absolute atomic E-state index is 0.0634. The maximum Gasteiger partial charge on any atom is 0.254 e. The molecule has 1 saturated heterocycles. The lowest BCUT2D eigenvalue weighted by molar-refractivity contribution is -0.138. The summed E-state index contributed by atoms with van der Waals surface area (Å²) < 4.78 is 0. The molecule has 26 heavy (non-hydrogen) atoms. The highest BCUT2D eigenvalue weighted by Crippen LogP contribution is 2.20. The number of hydrogen-bond acceptors (Lipinski definition) is 6. The number of carbonyl (C=O) groups excluding carboxylic acids is 3. The van der Waals surface area contributed by atoms with Crippen LogP contribution in [0.25, 0.3) is 0 Å². The summed E-state index contributed by atoms with van der Waals surface area (Å²) in [6, 6.07) is -0.837. The number of aryl methyl sites for hydroxylation is 1. The molecule has 2 rings (SSSR count). The number of hydrogen-bond donors (Lipinski definition) is 2. The number of nitrogens with one attached hydrogen (secondary N) is 2. The van der Waals surface area contributed by atoms with Gasteiger partial charge in [-0.3, -0.25) is 14.4 Å². The van der Waals surface area contributed by atoms with Gasteiger partial charge in [0.2, 0.25) is 11.8 Å². The number of carbonyl (C=O) groups is 3. The Hall–Kier alpha value is -2.16. The van der Waals surface area contributed by atoms with E-state index in [2.05, 4.69) is 20.6 Å². The Labute approximate surface area is 157 Å². The van der Waals surface area contributed by atoms with Crippen molar-refractivity contribution in [2.45, 2.75) is 38.8 Å². The van der Waals surface area contributed by atoms with Gasteiger partial charge in [-0.2, -0.15) is 11.8 Å². The summed E-state index contributed by atoms with van der Waals surface area (Å²) >= 11 is 1.59. The number of aromatic nitrogens is 2. The average Bonchev–Trinajstić information content (AvgIpc) is 3.04. The molecule has 0 aliphatic carbocycles. The van der Waals surface area contributed by atoms with Crippen LogP contribution >= 0.6 is 11.8 Å². The van der Waals surface area contributed by atoms with Crippen LogP contribution < -0.4 is 10.6 Å². The molecule has 2 atom stereocenters. The molecule has 1 aliphatic heterocycles. The lowest BCUT2D eigenvalue weighted by atomic mass is 10.1. The highest BCUT2D eigenvalue weighted by molar-refractivity contribution is 7.98. The van der Waals surface area contributed by atoms with Crippen molar-refractivity contribution in [1.29, 1.82) is 0 Å². The standard InChI is InChI=1S/C17H25N5O3S/c1-4-19-17(25)14-7-12(9-22(14)15(23)5-6-26-3)21-16(24)13-8-18-10-20-11(13)2/h8,10,12,14H,4-7,9H2,1-3H3,(H,19,25)(H,21,24)/t12-,14-/m0/s1. The van der Waals surface area contributed by atoms with E-state index in [1.807, 2.05) is 13.2 Å². The third kappa shape index (κ3) is 4.94. The van der Waals surface area contributed by atoms with E-state index in [0.29, 0.717) is 42.9 Å². The Bertz CT molecular complexity index is 670. The van der Waals surface area contributed by atoms with Crippen LogP contribution in [0.15, 0.2) is 12.5 Å². The quantitative estimate of drug-likeness (QED) is 0.709. The number of likely N-dealkylation sites (N-methyl/N-ethyl adjacent to an activating group) is 1. The fourth-order valence-corrected chi connectivity index (χ4v) is 3.35. The first-order valence-corrected chi connectivity index (χ1v) is 10.0. The largest absolute Gasteiger partial charge is 0.355 e. The molecule has 0 spiro atoms. The third-order valence-electron chi connectivity index (χ3n) is 4.29. The number of nitrogens with zero attached hydrogens (tertiary/aromatic N) is 3. The maximum absolute atomic E-state index is 12.5. The zero-order valence-electron chi connectivity index (χ0n) is 15.3. The summed E-state index contributed by atoms with van der Waals surface area (Å²) in [5, 5.41) is 5.68. The lowest BCUT2D eigenvalue weighted by Crippen LogP contribution is -2.46. The molecule has 142 valence electrons. The number of thioether (sulfide) groups is 1. The van der Waals surface area contributed by atoms with Gasteiger partial charge < -0.3 is 15.5 Å². The zero-order valence-corrected chi connectivity index (χ0v) is 16.1. The Kier molecular flexibility index (Phi) is 7.38. The van der Waals surface area contributed by atoms with Crippen molar-refractivity contribution in [2.24, 2.45) is 0 Å². The molecule has 9 heteroatoms. The second kappa shape index (κ2) is 9.51. The first-order valence-electron chi connectivity index (χ1n) is 8.61. The summed E-state index contributed by atoms with van der Waals surface area (Å²) in [7, 11) is 0. The normalized spacial score (nSPS) is 19.3. The summed E-state index contributed by atoms with van der Waals surface area (Å²) in [5.41, 5.74) is 0.984. The van der Waals surface area contributed by atoms with Crippen molar-refractivity contribution in [3.63, 3.8) is 0 Å². The molecule has 0 unspecified atom stereocenters. The van der Waals surface area contributed by atoms with Crippen molar-refractivity contribution in [3.05, 3.63) is 23.8 Å². The van der Waals surface area contributed by atoms with Crippen molar-refractivity contribution >= 4 is 29.5 Å². The summed E-state index contributed by atoms with van der Waals surface area (Å²) in [4.78, 5) is 46.8. The Balaban J connectivity index is 2.08. The van der Waals surface area contributed by atoms with Crippen LogP contribution in [0.4, 0.5) is 0 Å². The van der Waals surface area contributed by atoms with E-state index in [1.54, 1.807) is 23.6 Å². The fourth-order valence-electron chi connectivity index (χ4n) is 2.97. The Morgan fingerprint density at radius 1 is 1.38 bits per heavy atom. The molecule has 2 heterocycles. The van der Waals surface area contributed by atoms with Gasteiger partial charge in [0.05, 0.1) is 11.3 Å². The zero-order chi connectivity index (χ0) is 19.1. The van der Waals surface area contributed by atoms with Gasteiger partial charge in [-0.1, -0.05) is 0 Å². The summed E-state index contributed by atoms with van der Waals surface area (Å²) in [5.74, 6) is 0.170. The predicted octanol–water partition coefficient (Wildman–Crippen LogP) is 0.374. The average molecular weight is 379 g/mol. The van der Waals surface area contributed by atoms with Gasteiger partial charge in [0.1, 0.15) is 12.4 Å². The molecule has 8 nitrogen and oxygen atoms in total. The molecule has 0 bridgehead atoms. The SMILES string of the molecule is CCNC(=O)[C@@H]1C[C@H](NC(=O)c2cncnc2C)CN1C(=O)CCSC. The minimum atomic E-state index is -0.553. The van der Waals surface area contributed by atoms with E-state index in [1.165, 1.54) is 12.5 Å². The minimum Gasteiger partial charge on any atom is -0.355 e. The van der Waals surface area contributed by atoms with Crippen molar-refractivity contribution < 1.29 is 14.4 Å². The van der Waals surface area contributed by atoms with Crippen LogP contribution in [0, 0.1) is 6.92 Å². The van der Waals surface area contributed by atoms with Crippen LogP contribution in [0.1, 0.15) is 35.8 Å². The van der Waals surface area contributed by atoms with Gasteiger partial charge >= 0.3 is 0 Å². The molecule has 1 fully saturated rings. The second-order valence-corrected chi connectivity index (χ2v) is 7.11. The van der Waals surface area contributed by atoms with E-state index in [4.69, 9.17) is 0 Å². The Morgan fingerprint density at radius 2 is 2.15 bits per heavy atom. The Morgan fingerprint density at radius 3 is 2.81 bits per heavy atom. The van der Waals surface area contributed by atoms with Gasteiger partial charge in [-0.15, -0.1) is 0 Å². The first-order chi connectivity index (χ1) is 12.5. The maximum atomic E-state index is 12.5. The summed E-state index contributed by atoms with van der Waals surface area (Å²) in [6.45, 7) is 4.40. The van der Waals surface area contributed by atoms with Gasteiger partial charge in [-0.25, -0.2) is 9.97 Å². The highest BCUT2D eigenvalue weighted by Gasteiger charge is 2.39. The van der Waals surface area contributed by atoms with Crippen molar-refractivity contribution in [3.8, 4) is 0 Å². The molecule has 3 amide bonds. The van der Waals surface area contributed by atoms with Crippen LogP contribution in [-0.2, 0) is 9.59 Å². The van der Waals surface area contributed by atoms with Gasteiger partial charge in [0.25, 0.3) is 5.91 Å². The van der Waals surface area contributed by atoms with E-state index in [-0.39, 0.29) is 23.8 Å². The van der Waals surface area contributed by atoms with Crippen molar-refractivity contribution in [2.75, 3.05) is 25.1 Å². The van der Waals surface area contributed by atoms with Crippen LogP contribution in [0.3, 0.4) is 0 Å². The van der Waals surface area contributed by atoms with Crippen LogP contribution in [-0.4, -0.2) is 69.8 Å². The van der Waals surface area contributed by atoms with Gasteiger partial charge in [0.15, 0.2) is 0 Å². The molecule has 0 radical (unpaired) electrons. The first kappa shape index (κ1) is 20.2. The number of rotatable bonds is 7. The van der Waals surface area contributed by atoms with Gasteiger partial charge in [0, 0.05) is 37.5 Å². The second-order valence-electron chi connectivity index (χ2n) is 6.13. The summed E-state index contributed by atoms with van der Waals surface area (Å²) in [6.07, 6.45) is 5.57. The topological polar surface area (TPSA) is 104 Å². The monoisotopic (exact) mass is 379 g/mol. The fraction of sp³-hybridized carbons (Fsp3) is 0.588. The molecule has 0 aromatic carbocycles. The third-order valence-corrected chi connectivity index (χ3v) is 4.90. The number of likely N-dealkylation sites (tertiary alicyclic amines) is 1. The van der Waals surface area contributed by atoms with E-state index >= 15 is 0 Å². The van der Waals surface area contributed by atoms with E-state index in [9.17, 15) is 14.4 Å². The molecule has 1 aliphatic rings. The molecule has 0 saturated carbocycles. The van der Waals surface area contributed by atoms with Crippen LogP contribution in [0.2, 0.25) is 0 Å². The molecule has 1 aromatic heterocycles. The smallest absolute Gasteiger partial charge is 0.254 e. The predicted molar refractivity (Wildman–Crippen MR) is 99.8 cm³/mol. The molecule has 2 N–H and O–H groups in total. The molecule has 1 aromatic rings. The molecular weight excluding hydrogens is 354 g/mol.